The standard InChI is InChI=1S/C17H24N2O6S/c1-24-17(21)12-26(22,23)11-14-4-2-13(3-5-14)9-19-16(20)8-15-10-25-7-6-18-15/h2-5,15,18H,6-12H2,1H3,(H,19,20). The van der Waals surface area contributed by atoms with Crippen molar-refractivity contribution in [1.29, 1.82) is 0 Å². The van der Waals surface area contributed by atoms with E-state index in [9.17, 15) is 18.0 Å². The fraction of sp³-hybridized carbons (Fsp3) is 0.529. The number of nitrogens with one attached hydrogen (secondary N) is 2. The molecule has 1 aromatic rings. The summed E-state index contributed by atoms with van der Waals surface area (Å²) in [6.45, 7) is 2.31. The fourth-order valence-corrected chi connectivity index (χ4v) is 3.82. The van der Waals surface area contributed by atoms with Crippen molar-refractivity contribution in [3.63, 3.8) is 0 Å². The molecule has 2 rings (SSSR count). The van der Waals surface area contributed by atoms with Crippen molar-refractivity contribution in [3.05, 3.63) is 35.4 Å². The SMILES string of the molecule is COC(=O)CS(=O)(=O)Cc1ccc(CNC(=O)CC2COCCN2)cc1. The van der Waals surface area contributed by atoms with Crippen LogP contribution in [0.4, 0.5) is 0 Å². The van der Waals surface area contributed by atoms with Gasteiger partial charge in [-0.25, -0.2) is 8.42 Å². The van der Waals surface area contributed by atoms with Crippen molar-refractivity contribution < 1.29 is 27.5 Å². The minimum Gasteiger partial charge on any atom is -0.468 e. The number of morpholine rings is 1. The van der Waals surface area contributed by atoms with Gasteiger partial charge >= 0.3 is 5.97 Å². The van der Waals surface area contributed by atoms with Crippen molar-refractivity contribution in [3.8, 4) is 0 Å². The van der Waals surface area contributed by atoms with E-state index in [1.165, 1.54) is 0 Å². The van der Waals surface area contributed by atoms with E-state index in [1.54, 1.807) is 24.3 Å². The molecule has 1 atom stereocenters. The zero-order chi connectivity index (χ0) is 19.0. The van der Waals surface area contributed by atoms with Gasteiger partial charge < -0.3 is 20.1 Å². The molecule has 0 bridgehead atoms. The average molecular weight is 384 g/mol. The van der Waals surface area contributed by atoms with Gasteiger partial charge in [0.05, 0.1) is 26.1 Å². The summed E-state index contributed by atoms with van der Waals surface area (Å²) in [4.78, 5) is 23.1. The Balaban J connectivity index is 1.79. The van der Waals surface area contributed by atoms with Crippen molar-refractivity contribution in [2.75, 3.05) is 32.6 Å². The summed E-state index contributed by atoms with van der Waals surface area (Å²) < 4.78 is 33.5. The van der Waals surface area contributed by atoms with Gasteiger partial charge in [-0.1, -0.05) is 24.3 Å². The Morgan fingerprint density at radius 3 is 2.58 bits per heavy atom. The molecule has 0 radical (unpaired) electrons. The number of esters is 1. The van der Waals surface area contributed by atoms with Crippen LogP contribution in [0.1, 0.15) is 17.5 Å². The highest BCUT2D eigenvalue weighted by Gasteiger charge is 2.18. The van der Waals surface area contributed by atoms with E-state index in [0.29, 0.717) is 31.7 Å². The molecule has 9 heteroatoms. The second-order valence-electron chi connectivity index (χ2n) is 6.13. The predicted molar refractivity (Wildman–Crippen MR) is 95.0 cm³/mol. The summed E-state index contributed by atoms with van der Waals surface area (Å²) in [5.41, 5.74) is 1.44. The van der Waals surface area contributed by atoms with Crippen LogP contribution in [0.15, 0.2) is 24.3 Å². The number of benzene rings is 1. The maximum absolute atomic E-state index is 11.9. The van der Waals surface area contributed by atoms with E-state index in [-0.39, 0.29) is 17.7 Å². The van der Waals surface area contributed by atoms with Crippen LogP contribution in [-0.2, 0) is 41.2 Å². The number of hydrogen-bond acceptors (Lipinski definition) is 7. The van der Waals surface area contributed by atoms with Crippen LogP contribution < -0.4 is 10.6 Å². The van der Waals surface area contributed by atoms with Crippen LogP contribution in [0.25, 0.3) is 0 Å². The summed E-state index contributed by atoms with van der Waals surface area (Å²) in [5.74, 6) is -1.72. The third kappa shape index (κ3) is 7.11. The van der Waals surface area contributed by atoms with Crippen molar-refractivity contribution in [2.45, 2.75) is 24.8 Å². The van der Waals surface area contributed by atoms with Gasteiger partial charge in [0.2, 0.25) is 5.91 Å². The number of ether oxygens (including phenoxy) is 2. The first-order valence-corrected chi connectivity index (χ1v) is 10.1. The Hall–Kier alpha value is -1.97. The van der Waals surface area contributed by atoms with E-state index >= 15 is 0 Å². The number of methoxy groups -OCH3 is 1. The minimum atomic E-state index is -3.56. The maximum Gasteiger partial charge on any atom is 0.320 e. The van der Waals surface area contributed by atoms with Crippen molar-refractivity contribution in [1.82, 2.24) is 10.6 Å². The number of carbonyl (C=O) groups is 2. The van der Waals surface area contributed by atoms with E-state index in [1.807, 2.05) is 0 Å². The molecule has 26 heavy (non-hydrogen) atoms. The molecule has 1 aliphatic rings. The average Bonchev–Trinajstić information content (AvgIpc) is 2.61. The fourth-order valence-electron chi connectivity index (χ4n) is 2.54. The van der Waals surface area contributed by atoms with Gasteiger partial charge in [-0.15, -0.1) is 0 Å². The number of sulfone groups is 1. The largest absolute Gasteiger partial charge is 0.468 e. The van der Waals surface area contributed by atoms with Crippen LogP contribution in [-0.4, -0.2) is 59.0 Å². The summed E-state index contributed by atoms with van der Waals surface area (Å²) >= 11 is 0. The molecular formula is C17H24N2O6S. The van der Waals surface area contributed by atoms with Gasteiger partial charge in [-0.2, -0.15) is 0 Å². The van der Waals surface area contributed by atoms with Gasteiger partial charge in [-0.3, -0.25) is 9.59 Å². The monoisotopic (exact) mass is 384 g/mol. The second kappa shape index (κ2) is 9.65. The van der Waals surface area contributed by atoms with E-state index < -0.39 is 21.6 Å². The lowest BCUT2D eigenvalue weighted by Crippen LogP contribution is -2.44. The van der Waals surface area contributed by atoms with Gasteiger partial charge in [0, 0.05) is 25.6 Å². The van der Waals surface area contributed by atoms with Gasteiger partial charge in [0.1, 0.15) is 5.75 Å². The van der Waals surface area contributed by atoms with Crippen LogP contribution in [0, 0.1) is 0 Å². The molecule has 0 saturated carbocycles. The molecule has 1 saturated heterocycles. The van der Waals surface area contributed by atoms with Crippen LogP contribution in [0.3, 0.4) is 0 Å². The first-order valence-electron chi connectivity index (χ1n) is 8.31. The summed E-state index contributed by atoms with van der Waals surface area (Å²) in [7, 11) is -2.41. The number of rotatable bonds is 8. The summed E-state index contributed by atoms with van der Waals surface area (Å²) in [5, 5.41) is 6.05. The van der Waals surface area contributed by atoms with Crippen molar-refractivity contribution in [2.24, 2.45) is 0 Å². The quantitative estimate of drug-likeness (QED) is 0.596. The molecule has 1 heterocycles. The Kier molecular flexibility index (Phi) is 7.55. The molecule has 1 aliphatic heterocycles. The third-order valence-corrected chi connectivity index (χ3v) is 5.34. The summed E-state index contributed by atoms with van der Waals surface area (Å²) in [6, 6.07) is 6.89. The maximum atomic E-state index is 11.9. The summed E-state index contributed by atoms with van der Waals surface area (Å²) in [6.07, 6.45) is 0.351. The molecule has 0 aliphatic carbocycles. The Morgan fingerprint density at radius 1 is 1.27 bits per heavy atom. The first kappa shape index (κ1) is 20.3. The highest BCUT2D eigenvalue weighted by Crippen LogP contribution is 2.10. The Labute approximate surface area is 153 Å². The molecule has 2 N–H and O–H groups in total. The van der Waals surface area contributed by atoms with E-state index in [4.69, 9.17) is 4.74 Å². The lowest BCUT2D eigenvalue weighted by Gasteiger charge is -2.23. The van der Waals surface area contributed by atoms with Gasteiger partial charge in [-0.05, 0) is 11.1 Å². The topological polar surface area (TPSA) is 111 Å². The van der Waals surface area contributed by atoms with Gasteiger partial charge in [0.25, 0.3) is 0 Å². The molecule has 1 aromatic carbocycles. The molecule has 144 valence electrons. The third-order valence-electron chi connectivity index (χ3n) is 3.89. The second-order valence-corrected chi connectivity index (χ2v) is 8.20. The van der Waals surface area contributed by atoms with Gasteiger partial charge in [0.15, 0.2) is 9.84 Å². The Bertz CT molecular complexity index is 711. The number of hydrogen-bond donors (Lipinski definition) is 2. The molecule has 1 unspecified atom stereocenters. The molecular weight excluding hydrogens is 360 g/mol. The number of carbonyl (C=O) groups excluding carboxylic acids is 2. The lowest BCUT2D eigenvalue weighted by molar-refractivity contribution is -0.137. The molecule has 0 aromatic heterocycles. The normalized spacial score (nSPS) is 17.5. The van der Waals surface area contributed by atoms with Crippen LogP contribution in [0.5, 0.6) is 0 Å². The van der Waals surface area contributed by atoms with Crippen LogP contribution >= 0.6 is 0 Å². The smallest absolute Gasteiger partial charge is 0.320 e. The van der Waals surface area contributed by atoms with E-state index in [2.05, 4.69) is 15.4 Å². The van der Waals surface area contributed by atoms with E-state index in [0.717, 1.165) is 19.2 Å². The highest BCUT2D eigenvalue weighted by molar-refractivity contribution is 7.91. The highest BCUT2D eigenvalue weighted by atomic mass is 32.2. The first-order chi connectivity index (χ1) is 12.4. The zero-order valence-electron chi connectivity index (χ0n) is 14.7. The number of amides is 1. The predicted octanol–water partition coefficient (Wildman–Crippen LogP) is -0.231. The molecule has 0 spiro atoms. The van der Waals surface area contributed by atoms with Crippen molar-refractivity contribution >= 4 is 21.7 Å². The minimum absolute atomic E-state index is 0.0335. The van der Waals surface area contributed by atoms with Crippen LogP contribution in [0.2, 0.25) is 0 Å². The zero-order valence-corrected chi connectivity index (χ0v) is 15.5. The molecule has 8 nitrogen and oxygen atoms in total. The lowest BCUT2D eigenvalue weighted by atomic mass is 10.1. The molecule has 1 fully saturated rings. The Morgan fingerprint density at radius 2 is 1.96 bits per heavy atom. The molecule has 1 amide bonds.